The van der Waals surface area contributed by atoms with Crippen LogP contribution in [0.3, 0.4) is 0 Å². The molecule has 0 radical (unpaired) electrons. The molecule has 0 aromatic heterocycles. The first-order chi connectivity index (χ1) is 18.4. The molecule has 2 amide bonds. The maximum absolute atomic E-state index is 12.8. The van der Waals surface area contributed by atoms with Gasteiger partial charge in [-0.15, -0.1) is 0 Å². The maximum atomic E-state index is 12.8. The van der Waals surface area contributed by atoms with Crippen molar-refractivity contribution in [3.63, 3.8) is 0 Å². The van der Waals surface area contributed by atoms with Crippen molar-refractivity contribution < 1.29 is 28.5 Å². The highest BCUT2D eigenvalue weighted by molar-refractivity contribution is 6.03. The zero-order chi connectivity index (χ0) is 27.1. The van der Waals surface area contributed by atoms with Crippen LogP contribution in [0.5, 0.6) is 23.0 Å². The standard InChI is InChI=1S/C30H32N2O6/c1-5-36-26-14-8-22(18-28(26)35-4)9-15-29(33)31-23-10-13-25-27(19-23)38-21(3)30(34)32(25)16-17-37-24-11-6-20(2)7-12-24/h6-15,18-19,21H,5,16-17H2,1-4H3,(H,31,33)/b15-9+. The van der Waals surface area contributed by atoms with E-state index in [4.69, 9.17) is 18.9 Å². The van der Waals surface area contributed by atoms with Crippen LogP contribution < -0.4 is 29.2 Å². The summed E-state index contributed by atoms with van der Waals surface area (Å²) in [5, 5.41) is 2.84. The monoisotopic (exact) mass is 516 g/mol. The molecule has 8 heteroatoms. The third-order valence-electron chi connectivity index (χ3n) is 5.95. The van der Waals surface area contributed by atoms with Crippen LogP contribution in [0.25, 0.3) is 6.08 Å². The molecular formula is C30H32N2O6. The van der Waals surface area contributed by atoms with Gasteiger partial charge in [0.05, 0.1) is 25.9 Å². The molecule has 1 unspecified atom stereocenters. The molecule has 0 bridgehead atoms. The van der Waals surface area contributed by atoms with Gasteiger partial charge in [-0.2, -0.15) is 0 Å². The number of hydrogen-bond acceptors (Lipinski definition) is 6. The van der Waals surface area contributed by atoms with Crippen molar-refractivity contribution in [1.29, 1.82) is 0 Å². The van der Waals surface area contributed by atoms with E-state index in [1.54, 1.807) is 55.3 Å². The van der Waals surface area contributed by atoms with Gasteiger partial charge in [0, 0.05) is 17.8 Å². The highest BCUT2D eigenvalue weighted by Crippen LogP contribution is 2.36. The molecule has 0 spiro atoms. The minimum absolute atomic E-state index is 0.143. The van der Waals surface area contributed by atoms with Crippen LogP contribution in [0.2, 0.25) is 0 Å². The van der Waals surface area contributed by atoms with Crippen molar-refractivity contribution >= 4 is 29.3 Å². The Morgan fingerprint density at radius 2 is 1.84 bits per heavy atom. The van der Waals surface area contributed by atoms with Crippen LogP contribution >= 0.6 is 0 Å². The van der Waals surface area contributed by atoms with Crippen LogP contribution in [0.1, 0.15) is 25.0 Å². The summed E-state index contributed by atoms with van der Waals surface area (Å²) in [5.41, 5.74) is 3.14. The van der Waals surface area contributed by atoms with Gasteiger partial charge < -0.3 is 29.2 Å². The third-order valence-corrected chi connectivity index (χ3v) is 5.95. The lowest BCUT2D eigenvalue weighted by Crippen LogP contribution is -2.46. The lowest BCUT2D eigenvalue weighted by Gasteiger charge is -2.33. The fraction of sp³-hybridized carbons (Fsp3) is 0.267. The van der Waals surface area contributed by atoms with Gasteiger partial charge in [-0.1, -0.05) is 23.8 Å². The SMILES string of the molecule is CCOc1ccc(/C=C/C(=O)Nc2ccc3c(c2)OC(C)C(=O)N3CCOc2ccc(C)cc2)cc1OC. The number of carbonyl (C=O) groups excluding carboxylic acids is 2. The lowest BCUT2D eigenvalue weighted by molar-refractivity contribution is -0.125. The van der Waals surface area contributed by atoms with Crippen molar-refractivity contribution in [2.75, 3.05) is 37.1 Å². The first-order valence-electron chi connectivity index (χ1n) is 12.5. The summed E-state index contributed by atoms with van der Waals surface area (Å²) < 4.78 is 22.5. The van der Waals surface area contributed by atoms with Gasteiger partial charge >= 0.3 is 0 Å². The van der Waals surface area contributed by atoms with Crippen molar-refractivity contribution in [3.05, 3.63) is 77.9 Å². The number of fused-ring (bicyclic) bond motifs is 1. The van der Waals surface area contributed by atoms with E-state index < -0.39 is 6.10 Å². The topological polar surface area (TPSA) is 86.3 Å². The Morgan fingerprint density at radius 1 is 1.05 bits per heavy atom. The van der Waals surface area contributed by atoms with E-state index in [1.807, 2.05) is 44.2 Å². The molecule has 1 atom stereocenters. The molecule has 198 valence electrons. The molecule has 0 fully saturated rings. The van der Waals surface area contributed by atoms with Crippen molar-refractivity contribution in [3.8, 4) is 23.0 Å². The summed E-state index contributed by atoms with van der Waals surface area (Å²) in [6.45, 7) is 6.86. The van der Waals surface area contributed by atoms with Gasteiger partial charge in [0.1, 0.15) is 18.1 Å². The van der Waals surface area contributed by atoms with E-state index in [2.05, 4.69) is 5.32 Å². The Balaban J connectivity index is 1.41. The molecule has 1 aliphatic heterocycles. The number of carbonyl (C=O) groups is 2. The Labute approximate surface area is 222 Å². The van der Waals surface area contributed by atoms with Crippen LogP contribution in [-0.4, -0.2) is 44.8 Å². The fourth-order valence-corrected chi connectivity index (χ4v) is 4.03. The van der Waals surface area contributed by atoms with E-state index >= 15 is 0 Å². The highest BCUT2D eigenvalue weighted by atomic mass is 16.5. The summed E-state index contributed by atoms with van der Waals surface area (Å²) in [6.07, 6.45) is 2.48. The van der Waals surface area contributed by atoms with Gasteiger partial charge in [-0.25, -0.2) is 0 Å². The largest absolute Gasteiger partial charge is 0.493 e. The Kier molecular flexibility index (Phi) is 8.53. The molecule has 1 N–H and O–H groups in total. The Hall–Kier alpha value is -4.46. The quantitative estimate of drug-likeness (QED) is 0.371. The van der Waals surface area contributed by atoms with E-state index in [0.717, 1.165) is 16.9 Å². The first kappa shape index (κ1) is 26.6. The van der Waals surface area contributed by atoms with E-state index in [-0.39, 0.29) is 11.8 Å². The summed E-state index contributed by atoms with van der Waals surface area (Å²) >= 11 is 0. The molecule has 0 aliphatic carbocycles. The Morgan fingerprint density at radius 3 is 2.58 bits per heavy atom. The van der Waals surface area contributed by atoms with Crippen LogP contribution in [0.4, 0.5) is 11.4 Å². The lowest BCUT2D eigenvalue weighted by atomic mass is 10.1. The number of hydrogen-bond donors (Lipinski definition) is 1. The number of benzene rings is 3. The second kappa shape index (κ2) is 12.2. The summed E-state index contributed by atoms with van der Waals surface area (Å²) in [7, 11) is 1.57. The number of ether oxygens (including phenoxy) is 4. The second-order valence-electron chi connectivity index (χ2n) is 8.76. The molecule has 38 heavy (non-hydrogen) atoms. The third kappa shape index (κ3) is 6.45. The molecular weight excluding hydrogens is 484 g/mol. The minimum Gasteiger partial charge on any atom is -0.493 e. The van der Waals surface area contributed by atoms with Crippen molar-refractivity contribution in [2.45, 2.75) is 26.9 Å². The summed E-state index contributed by atoms with van der Waals surface area (Å²) in [5.74, 6) is 2.06. The van der Waals surface area contributed by atoms with Crippen LogP contribution in [0, 0.1) is 6.92 Å². The molecule has 3 aromatic rings. The van der Waals surface area contributed by atoms with Crippen molar-refractivity contribution in [1.82, 2.24) is 0 Å². The molecule has 1 aliphatic rings. The molecule has 0 saturated heterocycles. The molecule has 1 heterocycles. The van der Waals surface area contributed by atoms with E-state index in [1.165, 1.54) is 6.08 Å². The number of rotatable bonds is 10. The maximum Gasteiger partial charge on any atom is 0.267 e. The van der Waals surface area contributed by atoms with Gasteiger partial charge in [0.25, 0.3) is 5.91 Å². The number of methoxy groups -OCH3 is 1. The number of anilines is 2. The zero-order valence-electron chi connectivity index (χ0n) is 22.0. The van der Waals surface area contributed by atoms with Crippen molar-refractivity contribution in [2.24, 2.45) is 0 Å². The van der Waals surface area contributed by atoms with Crippen LogP contribution in [0.15, 0.2) is 66.7 Å². The predicted octanol–water partition coefficient (Wildman–Crippen LogP) is 5.25. The zero-order valence-corrected chi connectivity index (χ0v) is 22.0. The number of nitrogens with zero attached hydrogens (tertiary/aromatic N) is 1. The van der Waals surface area contributed by atoms with E-state index in [0.29, 0.717) is 48.4 Å². The predicted molar refractivity (Wildman–Crippen MR) is 147 cm³/mol. The van der Waals surface area contributed by atoms with Gasteiger partial charge in [0.2, 0.25) is 5.91 Å². The summed E-state index contributed by atoms with van der Waals surface area (Å²) in [4.78, 5) is 27.0. The summed E-state index contributed by atoms with van der Waals surface area (Å²) in [6, 6.07) is 18.5. The van der Waals surface area contributed by atoms with Gasteiger partial charge in [0.15, 0.2) is 17.6 Å². The van der Waals surface area contributed by atoms with Gasteiger partial charge in [-0.05, 0) is 68.8 Å². The highest BCUT2D eigenvalue weighted by Gasteiger charge is 2.31. The number of nitrogens with one attached hydrogen (secondary N) is 1. The minimum atomic E-state index is -0.651. The average Bonchev–Trinajstić information content (AvgIpc) is 2.91. The van der Waals surface area contributed by atoms with Crippen LogP contribution in [-0.2, 0) is 9.59 Å². The fourth-order valence-electron chi connectivity index (χ4n) is 4.03. The molecule has 4 rings (SSSR count). The number of aryl methyl sites for hydroxylation is 1. The average molecular weight is 517 g/mol. The first-order valence-corrected chi connectivity index (χ1v) is 12.5. The van der Waals surface area contributed by atoms with Gasteiger partial charge in [-0.3, -0.25) is 9.59 Å². The molecule has 3 aromatic carbocycles. The smallest absolute Gasteiger partial charge is 0.267 e. The Bertz CT molecular complexity index is 1320. The van der Waals surface area contributed by atoms with E-state index in [9.17, 15) is 9.59 Å². The second-order valence-corrected chi connectivity index (χ2v) is 8.76. The molecule has 0 saturated carbocycles. The normalized spacial score (nSPS) is 14.6. The molecule has 8 nitrogen and oxygen atoms in total. The number of amides is 2.